The summed E-state index contributed by atoms with van der Waals surface area (Å²) in [6.07, 6.45) is 0. The molecular formula is C14H17NO. The zero-order valence-electron chi connectivity index (χ0n) is 9.79. The minimum atomic E-state index is -0.0347. The Morgan fingerprint density at radius 3 is 2.50 bits per heavy atom. The van der Waals surface area contributed by atoms with Crippen molar-refractivity contribution in [2.75, 3.05) is 0 Å². The average Bonchev–Trinajstić information content (AvgIpc) is 2.30. The van der Waals surface area contributed by atoms with Crippen LogP contribution in [0.15, 0.2) is 48.3 Å². The molecule has 0 spiro atoms. The van der Waals surface area contributed by atoms with E-state index >= 15 is 0 Å². The van der Waals surface area contributed by atoms with Crippen molar-refractivity contribution in [1.29, 1.82) is 0 Å². The van der Waals surface area contributed by atoms with E-state index < -0.39 is 0 Å². The Bertz CT molecular complexity index is 400. The molecule has 1 aromatic rings. The molecule has 2 heteroatoms. The van der Waals surface area contributed by atoms with Crippen LogP contribution in [0.2, 0.25) is 0 Å². The van der Waals surface area contributed by atoms with E-state index in [1.54, 1.807) is 0 Å². The maximum absolute atomic E-state index is 11.7. The molecule has 0 bridgehead atoms. The van der Waals surface area contributed by atoms with Crippen molar-refractivity contribution in [1.82, 2.24) is 5.32 Å². The number of benzene rings is 1. The first-order valence-electron chi connectivity index (χ1n) is 5.37. The van der Waals surface area contributed by atoms with Gasteiger partial charge in [-0.1, -0.05) is 56.5 Å². The highest BCUT2D eigenvalue weighted by atomic mass is 16.1. The van der Waals surface area contributed by atoms with Crippen LogP contribution in [-0.2, 0) is 11.3 Å². The van der Waals surface area contributed by atoms with Crippen molar-refractivity contribution in [3.8, 4) is 0 Å². The van der Waals surface area contributed by atoms with Gasteiger partial charge >= 0.3 is 0 Å². The van der Waals surface area contributed by atoms with E-state index in [0.29, 0.717) is 12.2 Å². The number of allylic oxidation sites excluding steroid dienone is 1. The molecule has 0 saturated carbocycles. The summed E-state index contributed by atoms with van der Waals surface area (Å²) < 4.78 is 0. The Hall–Kier alpha value is -1.79. The number of carbonyl (C=O) groups is 1. The number of Topliss-reactive ketones (excluding diaryl/α,β-unsaturated/α-hetero) is 1. The Kier molecular flexibility index (Phi) is 4.56. The molecule has 0 unspecified atom stereocenters. The van der Waals surface area contributed by atoms with Gasteiger partial charge in [-0.05, 0) is 5.56 Å². The van der Waals surface area contributed by atoms with E-state index in [2.05, 4.69) is 17.6 Å². The Balaban J connectivity index is 2.61. The second-order valence-electron chi connectivity index (χ2n) is 3.91. The molecule has 0 aliphatic heterocycles. The van der Waals surface area contributed by atoms with Crippen molar-refractivity contribution >= 4 is 5.78 Å². The SMILES string of the molecule is C=C=C(NCc1ccccc1)C(=O)C(C)C. The topological polar surface area (TPSA) is 29.1 Å². The summed E-state index contributed by atoms with van der Waals surface area (Å²) in [5.74, 6) is 0.0125. The molecule has 0 fully saturated rings. The fourth-order valence-corrected chi connectivity index (χ4v) is 1.31. The lowest BCUT2D eigenvalue weighted by atomic mass is 10.1. The van der Waals surface area contributed by atoms with Gasteiger partial charge in [0.2, 0.25) is 0 Å². The smallest absolute Gasteiger partial charge is 0.189 e. The van der Waals surface area contributed by atoms with E-state index in [0.717, 1.165) is 5.56 Å². The third-order valence-electron chi connectivity index (χ3n) is 2.26. The van der Waals surface area contributed by atoms with Crippen molar-refractivity contribution in [2.45, 2.75) is 20.4 Å². The molecule has 0 saturated heterocycles. The standard InChI is InChI=1S/C14H17NO/c1-4-13(14(16)11(2)3)15-10-12-8-6-5-7-9-12/h5-9,11,15H,1,10H2,2-3H3. The summed E-state index contributed by atoms with van der Waals surface area (Å²) in [5, 5.41) is 3.06. The number of nitrogens with one attached hydrogen (secondary N) is 1. The largest absolute Gasteiger partial charge is 0.372 e. The Morgan fingerprint density at radius 1 is 1.38 bits per heavy atom. The van der Waals surface area contributed by atoms with Gasteiger partial charge in [-0.25, -0.2) is 0 Å². The third-order valence-corrected chi connectivity index (χ3v) is 2.26. The van der Waals surface area contributed by atoms with Crippen molar-refractivity contribution in [2.24, 2.45) is 5.92 Å². The van der Waals surface area contributed by atoms with Crippen LogP contribution in [0.1, 0.15) is 19.4 Å². The van der Waals surface area contributed by atoms with Crippen LogP contribution in [0.4, 0.5) is 0 Å². The molecule has 0 heterocycles. The maximum atomic E-state index is 11.7. The molecule has 0 aliphatic rings. The molecule has 2 nitrogen and oxygen atoms in total. The van der Waals surface area contributed by atoms with Gasteiger partial charge in [0.25, 0.3) is 0 Å². The normalized spacial score (nSPS) is 9.69. The van der Waals surface area contributed by atoms with Crippen LogP contribution in [0, 0.1) is 5.92 Å². The lowest BCUT2D eigenvalue weighted by Gasteiger charge is -2.09. The molecule has 0 atom stereocenters. The maximum Gasteiger partial charge on any atom is 0.189 e. The first kappa shape index (κ1) is 12.3. The van der Waals surface area contributed by atoms with Crippen LogP contribution in [-0.4, -0.2) is 5.78 Å². The molecule has 0 radical (unpaired) electrons. The number of carbonyl (C=O) groups excluding carboxylic acids is 1. The van der Waals surface area contributed by atoms with E-state index in [4.69, 9.17) is 0 Å². The highest BCUT2D eigenvalue weighted by molar-refractivity contribution is 5.95. The average molecular weight is 215 g/mol. The fourth-order valence-electron chi connectivity index (χ4n) is 1.31. The highest BCUT2D eigenvalue weighted by Gasteiger charge is 2.12. The van der Waals surface area contributed by atoms with Crippen LogP contribution in [0.25, 0.3) is 0 Å². The highest BCUT2D eigenvalue weighted by Crippen LogP contribution is 2.04. The summed E-state index contributed by atoms with van der Waals surface area (Å²) in [6, 6.07) is 9.92. The first-order valence-corrected chi connectivity index (χ1v) is 5.37. The van der Waals surface area contributed by atoms with Crippen LogP contribution in [0.3, 0.4) is 0 Å². The van der Waals surface area contributed by atoms with Crippen LogP contribution < -0.4 is 5.32 Å². The van der Waals surface area contributed by atoms with Gasteiger partial charge < -0.3 is 5.32 Å². The molecule has 1 aromatic carbocycles. The third kappa shape index (κ3) is 3.41. The van der Waals surface area contributed by atoms with Crippen LogP contribution in [0.5, 0.6) is 0 Å². The zero-order valence-corrected chi connectivity index (χ0v) is 9.79. The zero-order chi connectivity index (χ0) is 12.0. The minimum absolute atomic E-state index is 0.0347. The quantitative estimate of drug-likeness (QED) is 0.604. The number of hydrogen-bond acceptors (Lipinski definition) is 2. The number of hydrogen-bond donors (Lipinski definition) is 1. The summed E-state index contributed by atoms with van der Waals surface area (Å²) in [7, 11) is 0. The second-order valence-corrected chi connectivity index (χ2v) is 3.91. The molecule has 84 valence electrons. The summed E-state index contributed by atoms with van der Waals surface area (Å²) in [6.45, 7) is 7.88. The van der Waals surface area contributed by atoms with E-state index in [1.165, 1.54) is 0 Å². The molecule has 1 rings (SSSR count). The van der Waals surface area contributed by atoms with Gasteiger partial charge in [0, 0.05) is 12.5 Å². The van der Waals surface area contributed by atoms with Crippen molar-refractivity contribution in [3.63, 3.8) is 0 Å². The minimum Gasteiger partial charge on any atom is -0.372 e. The van der Waals surface area contributed by atoms with Gasteiger partial charge in [-0.3, -0.25) is 4.79 Å². The lowest BCUT2D eigenvalue weighted by molar-refractivity contribution is -0.118. The number of rotatable bonds is 5. The predicted molar refractivity (Wildman–Crippen MR) is 65.8 cm³/mol. The summed E-state index contributed by atoms with van der Waals surface area (Å²) in [5.41, 5.74) is 4.26. The number of ketones is 1. The van der Waals surface area contributed by atoms with E-state index in [9.17, 15) is 4.79 Å². The first-order chi connectivity index (χ1) is 7.65. The molecule has 0 aromatic heterocycles. The molecule has 16 heavy (non-hydrogen) atoms. The molecule has 0 aliphatic carbocycles. The summed E-state index contributed by atoms with van der Waals surface area (Å²) >= 11 is 0. The summed E-state index contributed by atoms with van der Waals surface area (Å²) in [4.78, 5) is 11.7. The van der Waals surface area contributed by atoms with Crippen molar-refractivity contribution in [3.05, 3.63) is 53.9 Å². The predicted octanol–water partition coefficient (Wildman–Crippen LogP) is 2.67. The Morgan fingerprint density at radius 2 is 2.00 bits per heavy atom. The van der Waals surface area contributed by atoms with Gasteiger partial charge in [-0.15, -0.1) is 0 Å². The molecular weight excluding hydrogens is 198 g/mol. The Labute approximate surface area is 96.7 Å². The van der Waals surface area contributed by atoms with Crippen molar-refractivity contribution < 1.29 is 4.79 Å². The van der Waals surface area contributed by atoms with Gasteiger partial charge in [0.05, 0.1) is 0 Å². The second kappa shape index (κ2) is 5.94. The van der Waals surface area contributed by atoms with Gasteiger partial charge in [0.1, 0.15) is 5.70 Å². The van der Waals surface area contributed by atoms with Gasteiger partial charge in [0.15, 0.2) is 5.78 Å². The lowest BCUT2D eigenvalue weighted by Crippen LogP contribution is -2.22. The van der Waals surface area contributed by atoms with Gasteiger partial charge in [-0.2, -0.15) is 0 Å². The molecule has 1 N–H and O–H groups in total. The molecule has 0 amide bonds. The van der Waals surface area contributed by atoms with E-state index in [-0.39, 0.29) is 11.7 Å². The monoisotopic (exact) mass is 215 g/mol. The fraction of sp³-hybridized carbons (Fsp3) is 0.286. The van der Waals surface area contributed by atoms with E-state index in [1.807, 2.05) is 44.2 Å². The van der Waals surface area contributed by atoms with Crippen LogP contribution >= 0.6 is 0 Å².